The molecule has 0 N–H and O–H groups in total. The topological polar surface area (TPSA) is 17.3 Å². The Bertz CT molecular complexity index is 2120. The average Bonchev–Trinajstić information content (AvgIpc) is 3.52. The smallest absolute Gasteiger partial charge is 0.123 e. The molecule has 2 heterocycles. The first-order valence-corrected chi connectivity index (χ1v) is 14.0. The third-order valence-corrected chi connectivity index (χ3v) is 8.67. The molecule has 0 unspecified atom stereocenters. The zero-order valence-corrected chi connectivity index (χ0v) is 22.9. The lowest BCUT2D eigenvalue weighted by atomic mass is 9.81. The maximum atomic E-state index is 14.9. The predicted octanol–water partition coefficient (Wildman–Crippen LogP) is 9.93. The molecule has 0 saturated heterocycles. The second kappa shape index (κ2) is 8.74. The summed E-state index contributed by atoms with van der Waals surface area (Å²) in [5.74, 6) is -0.259. The highest BCUT2D eigenvalue weighted by Gasteiger charge is 2.35. The molecule has 0 bridgehead atoms. The first-order chi connectivity index (χ1) is 20.0. The fourth-order valence-corrected chi connectivity index (χ4v) is 6.65. The summed E-state index contributed by atoms with van der Waals surface area (Å²) >= 11 is 0. The van der Waals surface area contributed by atoms with Crippen molar-refractivity contribution >= 4 is 16.3 Å². The Morgan fingerprint density at radius 2 is 1.29 bits per heavy atom. The van der Waals surface area contributed by atoms with Crippen molar-refractivity contribution in [2.24, 2.45) is 0 Å². The van der Waals surface area contributed by atoms with E-state index in [1.807, 2.05) is 47.0 Å². The van der Waals surface area contributed by atoms with Crippen LogP contribution >= 0.6 is 0 Å². The number of nitrogens with zero attached hydrogens (tertiary/aromatic N) is 2. The first-order valence-electron chi connectivity index (χ1n) is 14.0. The maximum absolute atomic E-state index is 14.9. The van der Waals surface area contributed by atoms with Crippen LogP contribution in [-0.4, -0.2) is 9.61 Å². The minimum absolute atomic E-state index is 0.138. The van der Waals surface area contributed by atoms with Gasteiger partial charge >= 0.3 is 0 Å². The van der Waals surface area contributed by atoms with Crippen LogP contribution in [0.3, 0.4) is 0 Å². The predicted molar refractivity (Wildman–Crippen MR) is 167 cm³/mol. The van der Waals surface area contributed by atoms with Crippen LogP contribution < -0.4 is 0 Å². The fourth-order valence-electron chi connectivity index (χ4n) is 6.65. The number of benzene rings is 5. The van der Waals surface area contributed by atoms with Crippen LogP contribution in [0.15, 0.2) is 127 Å². The van der Waals surface area contributed by atoms with Gasteiger partial charge in [-0.3, -0.25) is 0 Å². The first kappa shape index (κ1) is 23.8. The zero-order valence-electron chi connectivity index (χ0n) is 22.9. The van der Waals surface area contributed by atoms with E-state index in [0.717, 1.165) is 49.9 Å². The molecule has 7 aromatic rings. The van der Waals surface area contributed by atoms with E-state index in [9.17, 15) is 4.39 Å². The van der Waals surface area contributed by atoms with E-state index < -0.39 is 0 Å². The van der Waals surface area contributed by atoms with Gasteiger partial charge in [0, 0.05) is 27.5 Å². The molecule has 3 heteroatoms. The quantitative estimate of drug-likeness (QED) is 0.222. The van der Waals surface area contributed by atoms with E-state index in [4.69, 9.17) is 5.10 Å². The summed E-state index contributed by atoms with van der Waals surface area (Å²) < 4.78 is 16.9. The molecule has 196 valence electrons. The molecule has 0 atom stereocenters. The Morgan fingerprint density at radius 3 is 2.07 bits per heavy atom. The average molecular weight is 531 g/mol. The lowest BCUT2D eigenvalue weighted by Crippen LogP contribution is -2.14. The SMILES string of the molecule is CC1(C)c2ccccc2-c2ccc(-c3c(-c4ccccc4)nn4c(-c5ccccc5)cc5ccc(F)cc5c34)cc21. The second-order valence-corrected chi connectivity index (χ2v) is 11.4. The number of hydrogen-bond donors (Lipinski definition) is 0. The Balaban J connectivity index is 1.51. The van der Waals surface area contributed by atoms with Crippen molar-refractivity contribution in [3.63, 3.8) is 0 Å². The van der Waals surface area contributed by atoms with Gasteiger partial charge in [0.15, 0.2) is 0 Å². The van der Waals surface area contributed by atoms with Crippen molar-refractivity contribution in [2.75, 3.05) is 0 Å². The van der Waals surface area contributed by atoms with Crippen LogP contribution in [0.5, 0.6) is 0 Å². The van der Waals surface area contributed by atoms with Crippen LogP contribution in [0.25, 0.3) is 61.1 Å². The summed E-state index contributed by atoms with van der Waals surface area (Å²) in [7, 11) is 0. The van der Waals surface area contributed by atoms with Gasteiger partial charge in [0.05, 0.1) is 11.2 Å². The van der Waals surface area contributed by atoms with Crippen molar-refractivity contribution < 1.29 is 4.39 Å². The number of aromatic nitrogens is 2. The Morgan fingerprint density at radius 1 is 0.610 bits per heavy atom. The normalized spacial score (nSPS) is 13.4. The Labute approximate surface area is 238 Å². The highest BCUT2D eigenvalue weighted by atomic mass is 19.1. The van der Waals surface area contributed by atoms with Crippen LogP contribution in [0, 0.1) is 5.82 Å². The van der Waals surface area contributed by atoms with E-state index >= 15 is 0 Å². The largest absolute Gasteiger partial charge is 0.231 e. The van der Waals surface area contributed by atoms with Gasteiger partial charge in [-0.15, -0.1) is 0 Å². The molecule has 0 amide bonds. The van der Waals surface area contributed by atoms with E-state index in [2.05, 4.69) is 86.6 Å². The Kier molecular flexibility index (Phi) is 5.08. The molecule has 41 heavy (non-hydrogen) atoms. The highest BCUT2D eigenvalue weighted by molar-refractivity contribution is 6.09. The van der Waals surface area contributed by atoms with Gasteiger partial charge in [0.25, 0.3) is 0 Å². The van der Waals surface area contributed by atoms with Crippen molar-refractivity contribution in [3.8, 4) is 44.8 Å². The minimum atomic E-state index is -0.259. The fraction of sp³-hybridized carbons (Fsp3) is 0.0789. The maximum Gasteiger partial charge on any atom is 0.123 e. The van der Waals surface area contributed by atoms with E-state index in [1.165, 1.54) is 28.3 Å². The minimum Gasteiger partial charge on any atom is -0.231 e. The lowest BCUT2D eigenvalue weighted by molar-refractivity contribution is 0.630. The van der Waals surface area contributed by atoms with Gasteiger partial charge in [0.1, 0.15) is 11.5 Å². The van der Waals surface area contributed by atoms with Gasteiger partial charge in [0.2, 0.25) is 0 Å². The Hall–Kier alpha value is -5.02. The van der Waals surface area contributed by atoms with Gasteiger partial charge in [-0.1, -0.05) is 117 Å². The van der Waals surface area contributed by atoms with E-state index in [0.29, 0.717) is 0 Å². The van der Waals surface area contributed by atoms with Crippen LogP contribution in [0.2, 0.25) is 0 Å². The number of fused-ring (bicyclic) bond motifs is 6. The van der Waals surface area contributed by atoms with Crippen molar-refractivity contribution in [1.29, 1.82) is 0 Å². The van der Waals surface area contributed by atoms with Crippen molar-refractivity contribution in [2.45, 2.75) is 19.3 Å². The number of hydrogen-bond acceptors (Lipinski definition) is 1. The van der Waals surface area contributed by atoms with Gasteiger partial charge in [-0.25, -0.2) is 8.91 Å². The third kappa shape index (κ3) is 3.52. The van der Waals surface area contributed by atoms with E-state index in [1.54, 1.807) is 6.07 Å². The van der Waals surface area contributed by atoms with Crippen LogP contribution in [0.1, 0.15) is 25.0 Å². The van der Waals surface area contributed by atoms with Crippen LogP contribution in [-0.2, 0) is 5.41 Å². The molecule has 0 radical (unpaired) electrons. The summed E-state index contributed by atoms with van der Waals surface area (Å²) in [5.41, 5.74) is 12.0. The number of rotatable bonds is 3. The summed E-state index contributed by atoms with van der Waals surface area (Å²) in [6.07, 6.45) is 0. The highest BCUT2D eigenvalue weighted by Crippen LogP contribution is 2.50. The molecule has 5 aromatic carbocycles. The van der Waals surface area contributed by atoms with Crippen molar-refractivity contribution in [1.82, 2.24) is 9.61 Å². The monoisotopic (exact) mass is 530 g/mol. The van der Waals surface area contributed by atoms with Crippen LogP contribution in [0.4, 0.5) is 4.39 Å². The molecule has 1 aliphatic rings. The summed E-state index contributed by atoms with van der Waals surface area (Å²) in [6, 6.07) is 43.3. The number of halogens is 1. The molecule has 0 spiro atoms. The molecule has 2 nitrogen and oxygen atoms in total. The molecule has 0 aliphatic heterocycles. The second-order valence-electron chi connectivity index (χ2n) is 11.4. The molecule has 8 rings (SSSR count). The molecular weight excluding hydrogens is 503 g/mol. The molecule has 0 saturated carbocycles. The van der Waals surface area contributed by atoms with E-state index in [-0.39, 0.29) is 11.2 Å². The summed E-state index contributed by atoms with van der Waals surface area (Å²) in [4.78, 5) is 0. The molecule has 2 aromatic heterocycles. The van der Waals surface area contributed by atoms with Crippen molar-refractivity contribution in [3.05, 3.63) is 144 Å². The third-order valence-electron chi connectivity index (χ3n) is 8.67. The number of pyridine rings is 1. The molecule has 0 fully saturated rings. The zero-order chi connectivity index (χ0) is 27.7. The summed E-state index contributed by atoms with van der Waals surface area (Å²) in [6.45, 7) is 4.60. The van der Waals surface area contributed by atoms with Gasteiger partial charge in [-0.2, -0.15) is 5.10 Å². The van der Waals surface area contributed by atoms with Gasteiger partial charge in [-0.05, 0) is 57.5 Å². The molecule has 1 aliphatic carbocycles. The standard InChI is InChI=1S/C38H27FN2/c1-38(2)32-16-10-9-15-29(32)30-20-18-27(21-33(30)38)35-36(25-13-7-4-8-14-25)40-41-34(24-11-5-3-6-12-24)22-26-17-19-28(39)23-31(26)37(35)41/h3-23H,1-2H3. The molecular formula is C38H27FN2. The lowest BCUT2D eigenvalue weighted by Gasteiger charge is -2.22. The summed E-state index contributed by atoms with van der Waals surface area (Å²) in [5, 5.41) is 7.10. The van der Waals surface area contributed by atoms with Gasteiger partial charge < -0.3 is 0 Å².